The van der Waals surface area contributed by atoms with E-state index in [9.17, 15) is 65.7 Å². The molecule has 0 aliphatic heterocycles. The van der Waals surface area contributed by atoms with Gasteiger partial charge in [0.05, 0.1) is 13.7 Å². The molecule has 0 bridgehead atoms. The Morgan fingerprint density at radius 3 is 1.17 bits per heavy atom. The quantitative estimate of drug-likeness (QED) is 0.0336. The number of hydrogen-bond acceptors (Lipinski definition) is 14. The van der Waals surface area contributed by atoms with Gasteiger partial charge in [0.2, 0.25) is 0 Å². The van der Waals surface area contributed by atoms with Crippen molar-refractivity contribution in [2.24, 2.45) is 0 Å². The summed E-state index contributed by atoms with van der Waals surface area (Å²) in [5.41, 5.74) is 19.6. The minimum absolute atomic E-state index is 0.0864. The first kappa shape index (κ1) is 88.8. The Labute approximate surface area is 710 Å². The summed E-state index contributed by atoms with van der Waals surface area (Å²) < 4.78 is 25.0. The highest BCUT2D eigenvalue weighted by Gasteiger charge is 2.40. The van der Waals surface area contributed by atoms with Crippen LogP contribution in [-0.4, -0.2) is 75.0 Å². The topological polar surface area (TPSA) is 261 Å². The number of ether oxygens (including phenoxy) is 2. The van der Waals surface area contributed by atoms with Gasteiger partial charge in [-0.15, -0.1) is 0 Å². The second-order valence-electron chi connectivity index (χ2n) is 33.4. The van der Waals surface area contributed by atoms with Crippen molar-refractivity contribution in [3.63, 3.8) is 0 Å². The van der Waals surface area contributed by atoms with Gasteiger partial charge in [0.15, 0.2) is 34.6 Å². The van der Waals surface area contributed by atoms with E-state index in [0.29, 0.717) is 46.8 Å². The number of aryl methyl sites for hydroxylation is 6. The number of rotatable bonds is 19. The Morgan fingerprint density at radius 1 is 0.364 bits per heavy atom. The van der Waals surface area contributed by atoms with E-state index in [4.69, 9.17) is 9.47 Å². The number of phenols is 12. The number of para-hydroxylation sites is 1. The predicted octanol–water partition coefficient (Wildman–Crippen LogP) is 24.5. The van der Waals surface area contributed by atoms with Crippen LogP contribution in [0.3, 0.4) is 0 Å². The van der Waals surface area contributed by atoms with E-state index in [2.05, 4.69) is 43.3 Å². The zero-order chi connectivity index (χ0) is 87.7. The van der Waals surface area contributed by atoms with Crippen molar-refractivity contribution >= 4 is 0 Å². The van der Waals surface area contributed by atoms with Crippen molar-refractivity contribution in [2.45, 2.75) is 168 Å². The summed E-state index contributed by atoms with van der Waals surface area (Å²) >= 11 is 0. The van der Waals surface area contributed by atoms with E-state index in [1.54, 1.807) is 78.9 Å². The Bertz CT molecular complexity index is 5600. The monoisotopic (exact) mass is 1630 g/mol. The maximum atomic E-state index is 14.1. The molecular formula is C106H113FO14. The van der Waals surface area contributed by atoms with Crippen molar-refractivity contribution in [2.75, 3.05) is 13.7 Å². The van der Waals surface area contributed by atoms with Crippen LogP contribution in [0.5, 0.6) is 80.5 Å². The maximum Gasteiger partial charge on any atom is 0.165 e. The van der Waals surface area contributed by atoms with Crippen LogP contribution in [0.1, 0.15) is 233 Å². The van der Waals surface area contributed by atoms with Crippen molar-refractivity contribution < 1.29 is 75.1 Å². The third kappa shape index (κ3) is 19.5. The molecule has 13 aromatic carbocycles. The summed E-state index contributed by atoms with van der Waals surface area (Å²) in [4.78, 5) is 0. The van der Waals surface area contributed by atoms with Gasteiger partial charge in [-0.05, 0) is 307 Å². The van der Waals surface area contributed by atoms with Crippen LogP contribution >= 0.6 is 0 Å². The molecule has 1 fully saturated rings. The molecule has 1 aliphatic carbocycles. The normalized spacial score (nSPS) is 12.8. The number of aromatic hydroxyl groups is 12. The zero-order valence-corrected chi connectivity index (χ0v) is 71.7. The number of phenolic OH excluding ortho intramolecular Hbond substituents is 12. The van der Waals surface area contributed by atoms with Crippen LogP contribution in [-0.2, 0) is 16.2 Å². The Hall–Kier alpha value is -13.0. The van der Waals surface area contributed by atoms with E-state index < -0.39 is 16.6 Å². The molecule has 0 unspecified atom stereocenters. The molecule has 15 heteroatoms. The molecule has 1 aliphatic rings. The average Bonchev–Trinajstić information content (AvgIpc) is 0.758. The minimum Gasteiger partial charge on any atom is -0.508 e. The van der Waals surface area contributed by atoms with E-state index in [0.717, 1.165) is 126 Å². The van der Waals surface area contributed by atoms with Gasteiger partial charge in [0, 0.05) is 33.6 Å². The SMILES string of the molecule is CCOc1cc(C(c2ccc(O)c(C)c2)c2ccc(O)c(C)c2)ccc1O.COc1cccc(C(c2ccc(O)c(C(C)C)c2)c2ccc(O)c(C(C)C)c2)c1O.Cc1cc(C(C)(c2ccc(C(C)(C)c3ccc(O)c(F)c3)cc2)c2ccc(O)c(C)c2)ccc1O.Cc1cc(C2(c3ccc(O)c(C)c3)CCC(c3ccc(O)cc3)CC2)ccc1O. The lowest BCUT2D eigenvalue weighted by Gasteiger charge is -2.42. The smallest absolute Gasteiger partial charge is 0.165 e. The molecular weight excluding hydrogens is 1520 g/mol. The minimum atomic E-state index is -0.634. The van der Waals surface area contributed by atoms with Gasteiger partial charge in [-0.1, -0.05) is 199 Å². The summed E-state index contributed by atoms with van der Waals surface area (Å²) in [6, 6.07) is 76.6. The second kappa shape index (κ2) is 37.5. The molecule has 628 valence electrons. The van der Waals surface area contributed by atoms with Crippen molar-refractivity contribution in [1.82, 2.24) is 0 Å². The predicted molar refractivity (Wildman–Crippen MR) is 480 cm³/mol. The van der Waals surface area contributed by atoms with Crippen LogP contribution in [0.2, 0.25) is 0 Å². The molecule has 0 aromatic heterocycles. The van der Waals surface area contributed by atoms with Crippen molar-refractivity contribution in [3.8, 4) is 80.5 Å². The number of halogens is 1. The summed E-state index contributed by atoms with van der Waals surface area (Å²) in [6.45, 7) is 28.0. The molecule has 1 saturated carbocycles. The lowest BCUT2D eigenvalue weighted by atomic mass is 9.62. The maximum absolute atomic E-state index is 14.1. The molecule has 0 heterocycles. The van der Waals surface area contributed by atoms with Crippen LogP contribution in [0, 0.1) is 47.4 Å². The zero-order valence-electron chi connectivity index (χ0n) is 71.7. The third-order valence-electron chi connectivity index (χ3n) is 24.4. The van der Waals surface area contributed by atoms with Crippen LogP contribution < -0.4 is 9.47 Å². The summed E-state index contributed by atoms with van der Waals surface area (Å²) in [5, 5.41) is 121. The number of benzene rings is 13. The lowest BCUT2D eigenvalue weighted by molar-refractivity contribution is 0.314. The van der Waals surface area contributed by atoms with Gasteiger partial charge < -0.3 is 70.8 Å². The van der Waals surface area contributed by atoms with Crippen molar-refractivity contribution in [1.29, 1.82) is 0 Å². The summed E-state index contributed by atoms with van der Waals surface area (Å²) in [6.07, 6.45) is 4.08. The highest BCUT2D eigenvalue weighted by atomic mass is 19.1. The van der Waals surface area contributed by atoms with Gasteiger partial charge in [0.25, 0.3) is 0 Å². The molecule has 0 radical (unpaired) electrons. The Balaban J connectivity index is 0.000000158. The van der Waals surface area contributed by atoms with E-state index in [1.807, 2.05) is 211 Å². The van der Waals surface area contributed by atoms with E-state index >= 15 is 0 Å². The second-order valence-corrected chi connectivity index (χ2v) is 33.4. The van der Waals surface area contributed by atoms with E-state index in [1.165, 1.54) is 35.9 Å². The molecule has 0 atom stereocenters. The molecule has 0 amide bonds. The fourth-order valence-corrected chi connectivity index (χ4v) is 16.7. The largest absolute Gasteiger partial charge is 0.508 e. The Kier molecular flexibility index (Phi) is 27.5. The van der Waals surface area contributed by atoms with Gasteiger partial charge in [0.1, 0.15) is 51.7 Å². The molecule has 14 nitrogen and oxygen atoms in total. The third-order valence-corrected chi connectivity index (χ3v) is 24.4. The van der Waals surface area contributed by atoms with Crippen LogP contribution in [0.15, 0.2) is 249 Å². The molecule has 0 saturated heterocycles. The summed E-state index contributed by atoms with van der Waals surface area (Å²) in [5.74, 6) is 2.84. The summed E-state index contributed by atoms with van der Waals surface area (Å²) in [7, 11) is 1.53. The van der Waals surface area contributed by atoms with Crippen LogP contribution in [0.4, 0.5) is 4.39 Å². The molecule has 0 spiro atoms. The molecule has 121 heavy (non-hydrogen) atoms. The first-order valence-electron chi connectivity index (χ1n) is 41.1. The first-order chi connectivity index (χ1) is 57.5. The number of methoxy groups -OCH3 is 1. The fraction of sp³-hybridized carbons (Fsp3) is 0.264. The van der Waals surface area contributed by atoms with E-state index in [-0.39, 0.29) is 80.8 Å². The molecule has 14 rings (SSSR count). The average molecular weight is 1630 g/mol. The fourth-order valence-electron chi connectivity index (χ4n) is 16.7. The van der Waals surface area contributed by atoms with Gasteiger partial charge >= 0.3 is 0 Å². The molecule has 12 N–H and O–H groups in total. The first-order valence-corrected chi connectivity index (χ1v) is 41.1. The molecule has 13 aromatic rings. The highest BCUT2D eigenvalue weighted by molar-refractivity contribution is 5.60. The van der Waals surface area contributed by atoms with Gasteiger partial charge in [-0.25, -0.2) is 4.39 Å². The highest BCUT2D eigenvalue weighted by Crippen LogP contribution is 2.52. The number of hydrogen-bond donors (Lipinski definition) is 12. The van der Waals surface area contributed by atoms with Gasteiger partial charge in [-0.2, -0.15) is 0 Å². The van der Waals surface area contributed by atoms with Crippen LogP contribution in [0.25, 0.3) is 0 Å². The Morgan fingerprint density at radius 2 is 0.744 bits per heavy atom. The standard InChI is InChI=1S/C31H31FO3.C26H30O4.C26H28O3.C23H24O4/c1-19-16-24(11-13-27(19)33)31(5,25-12-14-28(34)20(2)17-25)22-8-6-21(7-9-22)30(3,4)23-10-15-29(35)26(32)18-23;1-15(2)20-13-17(9-11-22(20)27)25(19-7-6-8-24(30-5)26(19)29)18-10-12-23(28)21(14-18)16(3)4;1-17-15-21(5-9-24(17)28)26(22-6-10-25(29)18(2)16-22)13-11-20(12-14-26)19-3-7-23(27)8-4-19;1-4-27-22-13-18(7-10-21(22)26)23(16-5-8-19(24)14(2)11-16)17-6-9-20(25)15(3)12-17/h6-18,33-35H,1-5H3;6-16,25,27-29H,1-5H3;3-10,15-16,20,27-29H,11-14H2,1-2H3;5-13,23-26H,4H2,1-3H3. The van der Waals surface area contributed by atoms with Gasteiger partial charge in [-0.3, -0.25) is 0 Å². The lowest BCUT2D eigenvalue weighted by Crippen LogP contribution is -2.32. The van der Waals surface area contributed by atoms with Crippen molar-refractivity contribution in [3.05, 3.63) is 377 Å².